The highest BCUT2D eigenvalue weighted by Gasteiger charge is 2.50. The molecule has 9 atom stereocenters. The molecule has 8 nitrogen and oxygen atoms in total. The molecule has 0 unspecified atom stereocenters. The fraction of sp³-hybridized carbons (Fsp3) is 0.941. The molecule has 0 spiro atoms. The van der Waals surface area contributed by atoms with Crippen LogP contribution < -0.4 is 5.32 Å². The van der Waals surface area contributed by atoms with Crippen molar-refractivity contribution in [3.05, 3.63) is 0 Å². The third-order valence-electron chi connectivity index (χ3n) is 9.36. The van der Waals surface area contributed by atoms with E-state index in [2.05, 4.69) is 24.1 Å². The van der Waals surface area contributed by atoms with Crippen LogP contribution in [0, 0.1) is 5.92 Å². The molecular weight excluding hydrogens is 600 g/mol. The Bertz CT molecular complexity index is 806. The zero-order valence-electron chi connectivity index (χ0n) is 28.2. The number of unbranched alkanes of at least 4 members (excludes halogenated alkanes) is 12. The Morgan fingerprint density at radius 1 is 0.955 bits per heavy atom. The third kappa shape index (κ3) is 13.3. The average molecular weight is 663 g/mol. The lowest BCUT2D eigenvalue weighted by Crippen LogP contribution is -2.65. The number of rotatable bonds is 22. The summed E-state index contributed by atoms with van der Waals surface area (Å²) in [5, 5.41) is 24.6. The molecule has 0 radical (unpaired) electrons. The number of hydrogen-bond acceptors (Lipinski definition) is 8. The minimum Gasteiger partial charge on any atom is -0.456 e. The van der Waals surface area contributed by atoms with E-state index in [-0.39, 0.29) is 18.4 Å². The summed E-state index contributed by atoms with van der Waals surface area (Å²) in [6.45, 7) is 7.01. The molecule has 258 valence electrons. The Hall–Kier alpha value is -0.580. The molecule has 10 heteroatoms. The van der Waals surface area contributed by atoms with Crippen molar-refractivity contribution in [3.8, 4) is 0 Å². The molecule has 0 aromatic rings. The number of nitrogens with one attached hydrogen (secondary N) is 1. The van der Waals surface area contributed by atoms with E-state index in [0.717, 1.165) is 45.1 Å². The maximum absolute atomic E-state index is 13.3. The second-order valence-corrected chi connectivity index (χ2v) is 14.8. The summed E-state index contributed by atoms with van der Waals surface area (Å²) in [7, 11) is 1.95. The molecule has 1 amide bonds. The summed E-state index contributed by atoms with van der Waals surface area (Å²) in [4.78, 5) is 28.0. The van der Waals surface area contributed by atoms with Crippen molar-refractivity contribution >= 4 is 35.2 Å². The normalized spacial score (nSPS) is 29.0. The highest BCUT2D eigenvalue weighted by molar-refractivity contribution is 7.99. The number of aliphatic hydroxyl groups is 2. The SMILES string of the molecule is CCCCCCCCCCCCCCCC(=O)O[C@@H]1[C@H](O)[C@@H](O)[C@H]([C@@H](NC(=O)[C@H]2C[C@@H](CCC)CN2C)[C@@H](C)Cl)O[C@H]1SC. The highest BCUT2D eigenvalue weighted by atomic mass is 35.5. The molecule has 3 N–H and O–H groups in total. The molecule has 2 saturated heterocycles. The van der Waals surface area contributed by atoms with E-state index in [1.54, 1.807) is 13.2 Å². The number of nitrogens with zero attached hydrogens (tertiary/aromatic N) is 1. The molecule has 2 aliphatic rings. The first-order valence-electron chi connectivity index (χ1n) is 17.5. The molecule has 0 aromatic carbocycles. The van der Waals surface area contributed by atoms with Crippen LogP contribution in [0.4, 0.5) is 0 Å². The molecule has 44 heavy (non-hydrogen) atoms. The van der Waals surface area contributed by atoms with Gasteiger partial charge in [0.05, 0.1) is 17.5 Å². The zero-order valence-corrected chi connectivity index (χ0v) is 29.8. The van der Waals surface area contributed by atoms with Crippen molar-refractivity contribution in [2.24, 2.45) is 5.92 Å². The smallest absolute Gasteiger partial charge is 0.306 e. The minimum atomic E-state index is -1.38. The average Bonchev–Trinajstić information content (AvgIpc) is 3.36. The van der Waals surface area contributed by atoms with Crippen LogP contribution in [-0.4, -0.2) is 94.2 Å². The molecule has 2 rings (SSSR count). The number of esters is 1. The van der Waals surface area contributed by atoms with E-state index in [1.165, 1.54) is 76.0 Å². The van der Waals surface area contributed by atoms with Crippen LogP contribution in [0.1, 0.15) is 130 Å². The van der Waals surface area contributed by atoms with Gasteiger partial charge in [0.15, 0.2) is 6.10 Å². The number of amides is 1. The Morgan fingerprint density at radius 2 is 1.52 bits per heavy atom. The van der Waals surface area contributed by atoms with Crippen molar-refractivity contribution in [1.82, 2.24) is 10.2 Å². The monoisotopic (exact) mass is 662 g/mol. The molecule has 0 aromatic heterocycles. The fourth-order valence-corrected chi connectivity index (χ4v) is 7.65. The maximum Gasteiger partial charge on any atom is 0.306 e. The predicted molar refractivity (Wildman–Crippen MR) is 181 cm³/mol. The molecular formula is C34H63ClN2O6S. The van der Waals surface area contributed by atoms with Gasteiger partial charge in [0.2, 0.25) is 5.91 Å². The predicted octanol–water partition coefficient (Wildman–Crippen LogP) is 6.42. The number of alkyl halides is 1. The highest BCUT2D eigenvalue weighted by Crippen LogP contribution is 2.33. The number of carbonyl (C=O) groups is 2. The molecule has 2 fully saturated rings. The first-order valence-corrected chi connectivity index (χ1v) is 19.2. The van der Waals surface area contributed by atoms with Gasteiger partial charge in [-0.05, 0) is 45.4 Å². The van der Waals surface area contributed by atoms with Gasteiger partial charge in [-0.15, -0.1) is 23.4 Å². The van der Waals surface area contributed by atoms with E-state index >= 15 is 0 Å². The fourth-order valence-electron chi connectivity index (χ4n) is 6.72. The van der Waals surface area contributed by atoms with Crippen LogP contribution in [0.15, 0.2) is 0 Å². The Labute approximate surface area is 277 Å². The van der Waals surface area contributed by atoms with Crippen LogP contribution in [0.25, 0.3) is 0 Å². The van der Waals surface area contributed by atoms with Gasteiger partial charge in [0, 0.05) is 13.0 Å². The summed E-state index contributed by atoms with van der Waals surface area (Å²) in [5.41, 5.74) is -0.702. The number of likely N-dealkylation sites (N-methyl/N-ethyl adjacent to an activating group) is 1. The quantitative estimate of drug-likeness (QED) is 0.0693. The van der Waals surface area contributed by atoms with Crippen molar-refractivity contribution in [2.45, 2.75) is 177 Å². The first-order chi connectivity index (χ1) is 21.1. The van der Waals surface area contributed by atoms with E-state index in [4.69, 9.17) is 21.1 Å². The molecule has 2 aliphatic heterocycles. The Balaban J connectivity index is 1.76. The summed E-state index contributed by atoms with van der Waals surface area (Å²) < 4.78 is 11.9. The number of likely N-dealkylation sites (tertiary alicyclic amines) is 1. The van der Waals surface area contributed by atoms with Gasteiger partial charge in [-0.3, -0.25) is 14.5 Å². The largest absolute Gasteiger partial charge is 0.456 e. The zero-order chi connectivity index (χ0) is 32.5. The van der Waals surface area contributed by atoms with Crippen LogP contribution in [-0.2, 0) is 19.1 Å². The van der Waals surface area contributed by atoms with E-state index in [9.17, 15) is 19.8 Å². The van der Waals surface area contributed by atoms with Gasteiger partial charge in [-0.1, -0.05) is 97.3 Å². The lowest BCUT2D eigenvalue weighted by molar-refractivity contribution is -0.218. The Kier molecular flexibility index (Phi) is 19.9. The van der Waals surface area contributed by atoms with Gasteiger partial charge in [-0.2, -0.15) is 0 Å². The van der Waals surface area contributed by atoms with Crippen LogP contribution in [0.2, 0.25) is 0 Å². The lowest BCUT2D eigenvalue weighted by atomic mass is 9.92. The van der Waals surface area contributed by atoms with Gasteiger partial charge in [-0.25, -0.2) is 0 Å². The molecule has 0 bridgehead atoms. The first kappa shape index (κ1) is 39.6. The maximum atomic E-state index is 13.3. The van der Waals surface area contributed by atoms with E-state index in [1.807, 2.05) is 7.05 Å². The number of halogens is 1. The summed E-state index contributed by atoms with van der Waals surface area (Å²) >= 11 is 7.82. The third-order valence-corrected chi connectivity index (χ3v) is 10.5. The van der Waals surface area contributed by atoms with Crippen molar-refractivity contribution in [3.63, 3.8) is 0 Å². The summed E-state index contributed by atoms with van der Waals surface area (Å²) in [6, 6.07) is -1.00. The molecule has 0 saturated carbocycles. The second-order valence-electron chi connectivity index (χ2n) is 13.2. The summed E-state index contributed by atoms with van der Waals surface area (Å²) in [6.07, 6.45) is 16.3. The number of aliphatic hydroxyl groups excluding tert-OH is 2. The lowest BCUT2D eigenvalue weighted by Gasteiger charge is -2.45. The summed E-state index contributed by atoms with van der Waals surface area (Å²) in [5.74, 6) is -0.0742. The van der Waals surface area contributed by atoms with Crippen molar-refractivity contribution < 1.29 is 29.3 Å². The van der Waals surface area contributed by atoms with Crippen LogP contribution in [0.3, 0.4) is 0 Å². The van der Waals surface area contributed by atoms with Crippen LogP contribution in [0.5, 0.6) is 0 Å². The van der Waals surface area contributed by atoms with Crippen molar-refractivity contribution in [2.75, 3.05) is 19.8 Å². The van der Waals surface area contributed by atoms with Crippen molar-refractivity contribution in [1.29, 1.82) is 0 Å². The number of ether oxygens (including phenoxy) is 2. The van der Waals surface area contributed by atoms with Gasteiger partial charge in [0.1, 0.15) is 23.7 Å². The molecule has 2 heterocycles. The standard InChI is InChI=1S/C34H63ClN2O6S/c1-6-8-9-10-11-12-13-14-15-16-17-18-19-21-27(38)42-32-30(40)29(39)31(43-34(32)44-5)28(24(3)35)36-33(41)26-22-25(20-7-2)23-37(26)4/h24-26,28-32,34,39-40H,6-23H2,1-5H3,(H,36,41)/t24-,25-,26-,28+,29-,30-,31+,32-,34+/m1/s1. The topological polar surface area (TPSA) is 108 Å². The molecule has 0 aliphatic carbocycles. The van der Waals surface area contributed by atoms with Gasteiger partial charge >= 0.3 is 5.97 Å². The Morgan fingerprint density at radius 3 is 2.05 bits per heavy atom. The number of carbonyl (C=O) groups excluding carboxylic acids is 2. The van der Waals surface area contributed by atoms with Gasteiger partial charge < -0.3 is 25.0 Å². The van der Waals surface area contributed by atoms with Gasteiger partial charge in [0.25, 0.3) is 0 Å². The second kappa shape index (κ2) is 22.1. The van der Waals surface area contributed by atoms with E-state index < -0.39 is 47.2 Å². The van der Waals surface area contributed by atoms with Crippen LogP contribution >= 0.6 is 23.4 Å². The number of hydrogen-bond donors (Lipinski definition) is 3. The van der Waals surface area contributed by atoms with E-state index in [0.29, 0.717) is 5.92 Å². The minimum absolute atomic E-state index is 0.152. The number of thioether (sulfide) groups is 1.